The van der Waals surface area contributed by atoms with E-state index >= 15 is 0 Å². The fourth-order valence-electron chi connectivity index (χ4n) is 3.90. The van der Waals surface area contributed by atoms with Crippen molar-refractivity contribution < 1.29 is 4.52 Å². The second-order valence-corrected chi connectivity index (χ2v) is 8.51. The minimum absolute atomic E-state index is 0.0190. The first-order valence-corrected chi connectivity index (χ1v) is 11.0. The lowest BCUT2D eigenvalue weighted by atomic mass is 10.2. The Morgan fingerprint density at radius 3 is 2.47 bits per heavy atom. The molecule has 7 nitrogen and oxygen atoms in total. The minimum Gasteiger partial charge on any atom is -0.360 e. The van der Waals surface area contributed by atoms with E-state index in [1.54, 1.807) is 10.5 Å². The zero-order valence-corrected chi connectivity index (χ0v) is 17.6. The molecule has 1 fully saturated rings. The van der Waals surface area contributed by atoms with Gasteiger partial charge in [0.05, 0.1) is 23.6 Å². The first-order chi connectivity index (χ1) is 14.7. The summed E-state index contributed by atoms with van der Waals surface area (Å²) in [6, 6.07) is 13.6. The molecule has 0 N–H and O–H groups in total. The fraction of sp³-hybridized carbons (Fsp3) is 0.318. The van der Waals surface area contributed by atoms with E-state index < -0.39 is 0 Å². The van der Waals surface area contributed by atoms with Crippen molar-refractivity contribution in [3.05, 3.63) is 75.3 Å². The van der Waals surface area contributed by atoms with Crippen LogP contribution in [-0.2, 0) is 13.1 Å². The number of nitrogens with zero attached hydrogens (tertiary/aromatic N) is 5. The van der Waals surface area contributed by atoms with Gasteiger partial charge < -0.3 is 4.52 Å². The molecule has 0 unspecified atom stereocenters. The highest BCUT2D eigenvalue weighted by molar-refractivity contribution is 7.15. The van der Waals surface area contributed by atoms with Crippen molar-refractivity contribution >= 4 is 16.3 Å². The molecule has 154 valence electrons. The van der Waals surface area contributed by atoms with Crippen molar-refractivity contribution in [1.29, 1.82) is 0 Å². The SMILES string of the molecule is Cc1cc(CN2CCN(Cc3cc(=O)n4c(-c5ccccc5)csc4n3)CC2)on1. The molecule has 4 aromatic rings. The molecule has 1 saturated heterocycles. The predicted octanol–water partition coefficient (Wildman–Crippen LogP) is 3.04. The van der Waals surface area contributed by atoms with Crippen LogP contribution < -0.4 is 5.56 Å². The molecule has 0 spiro atoms. The highest BCUT2D eigenvalue weighted by Gasteiger charge is 2.20. The summed E-state index contributed by atoms with van der Waals surface area (Å²) in [5.74, 6) is 0.910. The molecule has 1 aliphatic heterocycles. The molecule has 0 aliphatic carbocycles. The average Bonchev–Trinajstić information content (AvgIpc) is 3.36. The third-order valence-electron chi connectivity index (χ3n) is 5.43. The number of benzene rings is 1. The molecule has 0 radical (unpaired) electrons. The van der Waals surface area contributed by atoms with E-state index in [4.69, 9.17) is 9.51 Å². The highest BCUT2D eigenvalue weighted by Crippen LogP contribution is 2.24. The normalized spacial score (nSPS) is 15.8. The van der Waals surface area contributed by atoms with Crippen LogP contribution in [0.5, 0.6) is 0 Å². The monoisotopic (exact) mass is 421 g/mol. The Labute approximate surface area is 178 Å². The van der Waals surface area contributed by atoms with Crippen molar-refractivity contribution in [3.63, 3.8) is 0 Å². The lowest BCUT2D eigenvalue weighted by Crippen LogP contribution is -2.45. The number of hydrogen-bond acceptors (Lipinski definition) is 7. The number of piperazine rings is 1. The summed E-state index contributed by atoms with van der Waals surface area (Å²) in [6.45, 7) is 7.21. The van der Waals surface area contributed by atoms with Crippen LogP contribution >= 0.6 is 11.3 Å². The maximum absolute atomic E-state index is 12.8. The van der Waals surface area contributed by atoms with Gasteiger partial charge >= 0.3 is 0 Å². The van der Waals surface area contributed by atoms with E-state index in [-0.39, 0.29) is 5.56 Å². The van der Waals surface area contributed by atoms with Gasteiger partial charge in [-0.25, -0.2) is 4.98 Å². The van der Waals surface area contributed by atoms with Gasteiger partial charge in [-0.05, 0) is 12.5 Å². The molecule has 3 aromatic heterocycles. The van der Waals surface area contributed by atoms with E-state index in [2.05, 4.69) is 15.0 Å². The van der Waals surface area contributed by atoms with E-state index in [0.29, 0.717) is 6.54 Å². The molecule has 0 atom stereocenters. The number of rotatable bonds is 5. The van der Waals surface area contributed by atoms with Crippen molar-refractivity contribution in [3.8, 4) is 11.3 Å². The Balaban J connectivity index is 1.27. The van der Waals surface area contributed by atoms with Gasteiger partial charge in [0.1, 0.15) is 0 Å². The largest absolute Gasteiger partial charge is 0.360 e. The van der Waals surface area contributed by atoms with E-state index in [1.807, 2.05) is 48.7 Å². The molecule has 4 heterocycles. The van der Waals surface area contributed by atoms with Crippen LogP contribution in [0.4, 0.5) is 0 Å². The smallest absolute Gasteiger partial charge is 0.259 e. The van der Waals surface area contributed by atoms with Crippen molar-refractivity contribution in [1.82, 2.24) is 24.3 Å². The Kier molecular flexibility index (Phi) is 5.20. The summed E-state index contributed by atoms with van der Waals surface area (Å²) in [6.07, 6.45) is 0. The Morgan fingerprint density at radius 2 is 1.77 bits per heavy atom. The summed E-state index contributed by atoms with van der Waals surface area (Å²) in [5, 5.41) is 5.96. The summed E-state index contributed by atoms with van der Waals surface area (Å²) >= 11 is 1.51. The van der Waals surface area contributed by atoms with Crippen molar-refractivity contribution in [2.75, 3.05) is 26.2 Å². The highest BCUT2D eigenvalue weighted by atomic mass is 32.1. The number of fused-ring (bicyclic) bond motifs is 1. The van der Waals surface area contributed by atoms with Gasteiger partial charge in [-0.1, -0.05) is 35.5 Å². The number of hydrogen-bond donors (Lipinski definition) is 0. The molecule has 0 saturated carbocycles. The summed E-state index contributed by atoms with van der Waals surface area (Å²) in [7, 11) is 0. The quantitative estimate of drug-likeness (QED) is 0.494. The maximum atomic E-state index is 12.8. The number of thiazole rings is 1. The lowest BCUT2D eigenvalue weighted by molar-refractivity contribution is 0.113. The van der Waals surface area contributed by atoms with E-state index in [1.165, 1.54) is 11.3 Å². The summed E-state index contributed by atoms with van der Waals surface area (Å²) in [5.41, 5.74) is 3.66. The first-order valence-electron chi connectivity index (χ1n) is 10.1. The van der Waals surface area contributed by atoms with Gasteiger partial charge in [-0.15, -0.1) is 11.3 Å². The Morgan fingerprint density at radius 1 is 1.03 bits per heavy atom. The van der Waals surface area contributed by atoms with Crippen molar-refractivity contribution in [2.45, 2.75) is 20.0 Å². The molecule has 1 aromatic carbocycles. The second kappa shape index (κ2) is 8.14. The molecular weight excluding hydrogens is 398 g/mol. The molecule has 1 aliphatic rings. The van der Waals surface area contributed by atoms with Crippen LogP contribution in [-0.4, -0.2) is 50.5 Å². The predicted molar refractivity (Wildman–Crippen MR) is 117 cm³/mol. The molecule has 0 amide bonds. The standard InChI is InChI=1S/C22H23N5O2S/c1-16-11-19(29-24-16)14-26-9-7-25(8-10-26)13-18-12-21(28)27-20(15-30-22(27)23-18)17-5-3-2-4-6-17/h2-6,11-12,15H,7-10,13-14H2,1H3. The Hall–Kier alpha value is -2.81. The molecule has 30 heavy (non-hydrogen) atoms. The zero-order valence-electron chi connectivity index (χ0n) is 16.8. The third kappa shape index (κ3) is 3.94. The molecule has 0 bridgehead atoms. The van der Waals surface area contributed by atoms with Crippen LogP contribution in [0.3, 0.4) is 0 Å². The minimum atomic E-state index is -0.0190. The van der Waals surface area contributed by atoms with Gasteiger partial charge in [-0.2, -0.15) is 0 Å². The van der Waals surface area contributed by atoms with E-state index in [0.717, 1.165) is 66.1 Å². The van der Waals surface area contributed by atoms with Crippen LogP contribution in [0.1, 0.15) is 17.1 Å². The lowest BCUT2D eigenvalue weighted by Gasteiger charge is -2.33. The van der Waals surface area contributed by atoms with Gasteiger partial charge in [-0.3, -0.25) is 19.0 Å². The van der Waals surface area contributed by atoms with Gasteiger partial charge in [0.25, 0.3) is 5.56 Å². The third-order valence-corrected chi connectivity index (χ3v) is 6.26. The van der Waals surface area contributed by atoms with Gasteiger partial charge in [0.15, 0.2) is 10.7 Å². The zero-order chi connectivity index (χ0) is 20.5. The fourth-order valence-corrected chi connectivity index (χ4v) is 4.82. The number of aryl methyl sites for hydroxylation is 1. The average molecular weight is 422 g/mol. The summed E-state index contributed by atoms with van der Waals surface area (Å²) in [4.78, 5) is 23.1. The topological polar surface area (TPSA) is 66.9 Å². The van der Waals surface area contributed by atoms with Gasteiger partial charge in [0, 0.05) is 50.2 Å². The first kappa shape index (κ1) is 19.2. The maximum Gasteiger partial charge on any atom is 0.259 e. The van der Waals surface area contributed by atoms with Crippen molar-refractivity contribution in [2.24, 2.45) is 0 Å². The second-order valence-electron chi connectivity index (χ2n) is 7.68. The van der Waals surface area contributed by atoms with Crippen LogP contribution in [0.2, 0.25) is 0 Å². The molecule has 8 heteroatoms. The van der Waals surface area contributed by atoms with Crippen LogP contribution in [0.15, 0.2) is 57.2 Å². The van der Waals surface area contributed by atoms with E-state index in [9.17, 15) is 4.79 Å². The molecule has 5 rings (SSSR count). The molecular formula is C22H23N5O2S. The summed E-state index contributed by atoms with van der Waals surface area (Å²) < 4.78 is 7.04. The van der Waals surface area contributed by atoms with Crippen LogP contribution in [0, 0.1) is 6.92 Å². The van der Waals surface area contributed by atoms with Crippen LogP contribution in [0.25, 0.3) is 16.2 Å². The van der Waals surface area contributed by atoms with Gasteiger partial charge in [0.2, 0.25) is 0 Å². The number of aromatic nitrogens is 3. The Bertz CT molecular complexity index is 1210.